The molecule has 0 aliphatic heterocycles. The summed E-state index contributed by atoms with van der Waals surface area (Å²) < 4.78 is 0.644. The SMILES string of the molecule is CCc1cc(C(=O)Nc2ccc(C#N)cc2Br)cc(Cl)n1. The second kappa shape index (κ2) is 6.70. The van der Waals surface area contributed by atoms with E-state index in [1.54, 1.807) is 24.3 Å². The van der Waals surface area contributed by atoms with Crippen LogP contribution in [0.2, 0.25) is 5.15 Å². The van der Waals surface area contributed by atoms with Crippen LogP contribution in [0.4, 0.5) is 5.69 Å². The normalized spacial score (nSPS) is 10.0. The fraction of sp³-hybridized carbons (Fsp3) is 0.133. The van der Waals surface area contributed by atoms with Crippen molar-refractivity contribution in [2.45, 2.75) is 13.3 Å². The number of benzene rings is 1. The molecule has 6 heteroatoms. The molecule has 0 aliphatic carbocycles. The molecule has 1 heterocycles. The van der Waals surface area contributed by atoms with Crippen molar-refractivity contribution in [3.63, 3.8) is 0 Å². The Morgan fingerprint density at radius 2 is 2.19 bits per heavy atom. The predicted molar refractivity (Wildman–Crippen MR) is 85.4 cm³/mol. The molecule has 0 spiro atoms. The van der Waals surface area contributed by atoms with E-state index < -0.39 is 0 Å². The Labute approximate surface area is 135 Å². The number of carbonyl (C=O) groups is 1. The van der Waals surface area contributed by atoms with Gasteiger partial charge in [-0.25, -0.2) is 4.98 Å². The van der Waals surface area contributed by atoms with Crippen molar-refractivity contribution in [3.05, 3.63) is 56.8 Å². The monoisotopic (exact) mass is 363 g/mol. The molecule has 0 aliphatic rings. The quantitative estimate of drug-likeness (QED) is 0.831. The highest BCUT2D eigenvalue weighted by Gasteiger charge is 2.11. The van der Waals surface area contributed by atoms with Gasteiger partial charge in [0.1, 0.15) is 5.15 Å². The van der Waals surface area contributed by atoms with E-state index in [4.69, 9.17) is 16.9 Å². The topological polar surface area (TPSA) is 65.8 Å². The minimum Gasteiger partial charge on any atom is -0.321 e. The van der Waals surface area contributed by atoms with E-state index in [0.29, 0.717) is 32.9 Å². The molecule has 0 atom stereocenters. The molecule has 0 unspecified atom stereocenters. The van der Waals surface area contributed by atoms with Gasteiger partial charge in [0.05, 0.1) is 17.3 Å². The number of hydrogen-bond acceptors (Lipinski definition) is 3. The zero-order valence-corrected chi connectivity index (χ0v) is 13.5. The number of pyridine rings is 1. The van der Waals surface area contributed by atoms with Crippen molar-refractivity contribution in [1.29, 1.82) is 5.26 Å². The second-order valence-corrected chi connectivity index (χ2v) is 5.53. The van der Waals surface area contributed by atoms with Crippen LogP contribution in [-0.4, -0.2) is 10.9 Å². The van der Waals surface area contributed by atoms with E-state index in [0.717, 1.165) is 5.69 Å². The minimum absolute atomic E-state index is 0.278. The lowest BCUT2D eigenvalue weighted by atomic mass is 10.1. The average Bonchev–Trinajstić information content (AvgIpc) is 2.48. The molecule has 2 rings (SSSR count). The highest BCUT2D eigenvalue weighted by Crippen LogP contribution is 2.24. The molecule has 0 saturated carbocycles. The maximum atomic E-state index is 12.3. The molecule has 0 bridgehead atoms. The number of nitriles is 1. The van der Waals surface area contributed by atoms with Crippen LogP contribution < -0.4 is 5.32 Å². The van der Waals surface area contributed by atoms with Crippen LogP contribution in [0.25, 0.3) is 0 Å². The minimum atomic E-state index is -0.278. The van der Waals surface area contributed by atoms with Crippen molar-refractivity contribution >= 4 is 39.1 Å². The number of aromatic nitrogens is 1. The number of rotatable bonds is 3. The third-order valence-corrected chi connectivity index (χ3v) is 3.67. The molecule has 1 aromatic heterocycles. The van der Waals surface area contributed by atoms with Crippen molar-refractivity contribution < 1.29 is 4.79 Å². The van der Waals surface area contributed by atoms with E-state index in [2.05, 4.69) is 26.2 Å². The summed E-state index contributed by atoms with van der Waals surface area (Å²) in [5.74, 6) is -0.278. The van der Waals surface area contributed by atoms with Crippen LogP contribution in [-0.2, 0) is 6.42 Å². The van der Waals surface area contributed by atoms with Crippen molar-refractivity contribution in [3.8, 4) is 6.07 Å². The fourth-order valence-corrected chi connectivity index (χ4v) is 2.45. The molecule has 0 fully saturated rings. The highest BCUT2D eigenvalue weighted by atomic mass is 79.9. The first-order valence-electron chi connectivity index (χ1n) is 6.21. The first kappa shape index (κ1) is 15.5. The van der Waals surface area contributed by atoms with Crippen LogP contribution in [0.5, 0.6) is 0 Å². The summed E-state index contributed by atoms with van der Waals surface area (Å²) in [6.45, 7) is 1.94. The first-order chi connectivity index (χ1) is 10.0. The van der Waals surface area contributed by atoms with E-state index in [-0.39, 0.29) is 5.91 Å². The zero-order valence-electron chi connectivity index (χ0n) is 11.2. The molecule has 1 N–H and O–H groups in total. The molecule has 1 amide bonds. The number of hydrogen-bond donors (Lipinski definition) is 1. The summed E-state index contributed by atoms with van der Waals surface area (Å²) in [6, 6.07) is 10.2. The summed E-state index contributed by atoms with van der Waals surface area (Å²) in [5, 5.41) is 11.9. The zero-order chi connectivity index (χ0) is 15.4. The van der Waals surface area contributed by atoms with Crippen LogP contribution >= 0.6 is 27.5 Å². The van der Waals surface area contributed by atoms with Gasteiger partial charge in [0.2, 0.25) is 0 Å². The molecular weight excluding hydrogens is 354 g/mol. The molecule has 4 nitrogen and oxygen atoms in total. The lowest BCUT2D eigenvalue weighted by Gasteiger charge is -2.09. The number of amides is 1. The van der Waals surface area contributed by atoms with E-state index in [1.165, 1.54) is 6.07 Å². The number of carbonyl (C=O) groups excluding carboxylic acids is 1. The fourth-order valence-electron chi connectivity index (χ4n) is 1.74. The Balaban J connectivity index is 2.26. The molecule has 0 radical (unpaired) electrons. The Morgan fingerprint density at radius 1 is 1.43 bits per heavy atom. The maximum Gasteiger partial charge on any atom is 0.255 e. The largest absolute Gasteiger partial charge is 0.321 e. The lowest BCUT2D eigenvalue weighted by Crippen LogP contribution is -2.13. The third kappa shape index (κ3) is 3.81. The van der Waals surface area contributed by atoms with Gasteiger partial charge in [-0.15, -0.1) is 0 Å². The number of anilines is 1. The van der Waals surface area contributed by atoms with E-state index in [9.17, 15) is 4.79 Å². The molecule has 21 heavy (non-hydrogen) atoms. The summed E-state index contributed by atoms with van der Waals surface area (Å²) in [6.07, 6.45) is 0.696. The van der Waals surface area contributed by atoms with E-state index in [1.807, 2.05) is 13.0 Å². The van der Waals surface area contributed by atoms with Crippen LogP contribution in [0.15, 0.2) is 34.8 Å². The summed E-state index contributed by atoms with van der Waals surface area (Å²) in [4.78, 5) is 16.4. The van der Waals surface area contributed by atoms with Gasteiger partial charge in [-0.3, -0.25) is 4.79 Å². The summed E-state index contributed by atoms with van der Waals surface area (Å²) in [7, 11) is 0. The molecule has 2 aromatic rings. The van der Waals surface area contributed by atoms with Gasteiger partial charge in [0.25, 0.3) is 5.91 Å². The molecular formula is C15H11BrClN3O. The Morgan fingerprint density at radius 3 is 2.81 bits per heavy atom. The van der Waals surface area contributed by atoms with Gasteiger partial charge in [-0.05, 0) is 52.7 Å². The van der Waals surface area contributed by atoms with Crippen LogP contribution in [0, 0.1) is 11.3 Å². The highest BCUT2D eigenvalue weighted by molar-refractivity contribution is 9.10. The second-order valence-electron chi connectivity index (χ2n) is 4.28. The van der Waals surface area contributed by atoms with Gasteiger partial charge in [-0.1, -0.05) is 18.5 Å². The Bertz CT molecular complexity index is 740. The lowest BCUT2D eigenvalue weighted by molar-refractivity contribution is 0.102. The van der Waals surface area contributed by atoms with Gasteiger partial charge >= 0.3 is 0 Å². The predicted octanol–water partition coefficient (Wildman–Crippen LogP) is 4.18. The first-order valence-corrected chi connectivity index (χ1v) is 7.38. The van der Waals surface area contributed by atoms with Gasteiger partial charge in [0, 0.05) is 15.7 Å². The van der Waals surface area contributed by atoms with Crippen LogP contribution in [0.3, 0.4) is 0 Å². The number of halogens is 2. The summed E-state index contributed by atoms with van der Waals surface area (Å²) >= 11 is 9.24. The van der Waals surface area contributed by atoms with Crippen molar-refractivity contribution in [1.82, 2.24) is 4.98 Å². The maximum absolute atomic E-state index is 12.3. The molecule has 1 aromatic carbocycles. The number of nitrogens with zero attached hydrogens (tertiary/aromatic N) is 2. The Hall–Kier alpha value is -1.90. The van der Waals surface area contributed by atoms with Gasteiger partial charge in [-0.2, -0.15) is 5.26 Å². The average molecular weight is 365 g/mol. The summed E-state index contributed by atoms with van der Waals surface area (Å²) in [5.41, 5.74) is 2.31. The third-order valence-electron chi connectivity index (χ3n) is 2.82. The number of nitrogens with one attached hydrogen (secondary N) is 1. The number of aryl methyl sites for hydroxylation is 1. The smallest absolute Gasteiger partial charge is 0.255 e. The molecule has 106 valence electrons. The van der Waals surface area contributed by atoms with Gasteiger partial charge in [0.15, 0.2) is 0 Å². The Kier molecular flexibility index (Phi) is 4.94. The van der Waals surface area contributed by atoms with E-state index >= 15 is 0 Å². The standard InChI is InChI=1S/C15H11BrClN3O/c1-2-11-6-10(7-14(17)19-11)15(21)20-13-4-3-9(8-18)5-12(13)16/h3-7H,2H2,1H3,(H,20,21). The molecule has 0 saturated heterocycles. The van der Waals surface area contributed by atoms with Crippen molar-refractivity contribution in [2.24, 2.45) is 0 Å². The van der Waals surface area contributed by atoms with Gasteiger partial charge < -0.3 is 5.32 Å². The van der Waals surface area contributed by atoms with Crippen LogP contribution in [0.1, 0.15) is 28.5 Å². The van der Waals surface area contributed by atoms with Crippen molar-refractivity contribution in [2.75, 3.05) is 5.32 Å².